The summed E-state index contributed by atoms with van der Waals surface area (Å²) in [5, 5.41) is 6.28. The van der Waals surface area contributed by atoms with Crippen molar-refractivity contribution in [3.8, 4) is 0 Å². The molecule has 0 aliphatic heterocycles. The number of carbonyl (C=O) groups is 2. The van der Waals surface area contributed by atoms with Crippen molar-refractivity contribution in [3.05, 3.63) is 28.8 Å². The van der Waals surface area contributed by atoms with E-state index < -0.39 is 0 Å². The number of rotatable bonds is 5. The third-order valence-corrected chi connectivity index (χ3v) is 3.15. The molecule has 0 aromatic heterocycles. The summed E-state index contributed by atoms with van der Waals surface area (Å²) >= 11 is 5.93. The highest BCUT2D eigenvalue weighted by molar-refractivity contribution is 6.31. The minimum Gasteiger partial charge on any atom is -0.347 e. The van der Waals surface area contributed by atoms with Crippen molar-refractivity contribution in [2.45, 2.75) is 33.2 Å². The molecule has 0 aliphatic rings. The summed E-state index contributed by atoms with van der Waals surface area (Å²) in [5.74, 6) is -0.219. The predicted octanol–water partition coefficient (Wildman–Crippen LogP) is 1.02. The van der Waals surface area contributed by atoms with Gasteiger partial charge in [-0.15, -0.1) is 0 Å². The Morgan fingerprint density at radius 2 is 1.77 bits per heavy atom. The van der Waals surface area contributed by atoms with Gasteiger partial charge in [0.15, 0.2) is 13.1 Å². The molecule has 22 heavy (non-hydrogen) atoms. The standard InChI is InChI=1S/C16H24ClN3O2/c1-11-6-7-12(17)8-13(11)18-14(21)9-20(5)10-15(22)19-16(2,3)4/h6-8H,9-10H2,1-5H3,(H,18,21)(H,19,22)/p+1. The molecule has 0 heterocycles. The fourth-order valence-corrected chi connectivity index (χ4v) is 2.17. The molecule has 0 fully saturated rings. The SMILES string of the molecule is Cc1ccc(Cl)cc1NC(=O)C[NH+](C)CC(=O)NC(C)(C)C. The van der Waals surface area contributed by atoms with Crippen molar-refractivity contribution in [1.82, 2.24) is 5.32 Å². The molecule has 3 N–H and O–H groups in total. The van der Waals surface area contributed by atoms with E-state index in [-0.39, 0.29) is 30.4 Å². The second kappa shape index (κ2) is 7.61. The Balaban J connectivity index is 2.51. The number of anilines is 1. The van der Waals surface area contributed by atoms with Gasteiger partial charge >= 0.3 is 0 Å². The van der Waals surface area contributed by atoms with Crippen LogP contribution >= 0.6 is 11.6 Å². The summed E-state index contributed by atoms with van der Waals surface area (Å²) in [6, 6.07) is 5.35. The van der Waals surface area contributed by atoms with Gasteiger partial charge in [0.2, 0.25) is 0 Å². The number of aryl methyl sites for hydroxylation is 1. The van der Waals surface area contributed by atoms with Crippen LogP contribution < -0.4 is 15.5 Å². The van der Waals surface area contributed by atoms with Gasteiger partial charge in [-0.25, -0.2) is 0 Å². The zero-order valence-corrected chi connectivity index (χ0v) is 14.6. The lowest BCUT2D eigenvalue weighted by Gasteiger charge is -2.21. The lowest BCUT2D eigenvalue weighted by molar-refractivity contribution is -0.862. The van der Waals surface area contributed by atoms with Crippen LogP contribution in [0.1, 0.15) is 26.3 Å². The van der Waals surface area contributed by atoms with Gasteiger partial charge in [-0.2, -0.15) is 0 Å². The van der Waals surface area contributed by atoms with E-state index in [1.807, 2.05) is 40.8 Å². The summed E-state index contributed by atoms with van der Waals surface area (Å²) in [6.07, 6.45) is 0. The molecule has 0 bridgehead atoms. The first-order valence-corrected chi connectivity index (χ1v) is 7.63. The Kier molecular flexibility index (Phi) is 6.38. The van der Waals surface area contributed by atoms with E-state index in [2.05, 4.69) is 10.6 Å². The van der Waals surface area contributed by atoms with Gasteiger partial charge in [-0.3, -0.25) is 9.59 Å². The molecule has 0 saturated heterocycles. The van der Waals surface area contributed by atoms with Crippen LogP contribution in [0.4, 0.5) is 5.69 Å². The van der Waals surface area contributed by atoms with Crippen molar-refractivity contribution in [2.24, 2.45) is 0 Å². The van der Waals surface area contributed by atoms with Crippen molar-refractivity contribution < 1.29 is 14.5 Å². The normalized spacial score (nSPS) is 12.6. The van der Waals surface area contributed by atoms with Gasteiger partial charge in [-0.05, 0) is 45.4 Å². The molecule has 122 valence electrons. The highest BCUT2D eigenvalue weighted by Gasteiger charge is 2.19. The molecule has 0 saturated carbocycles. The molecule has 0 radical (unpaired) electrons. The average Bonchev–Trinajstić information content (AvgIpc) is 2.30. The van der Waals surface area contributed by atoms with Crippen LogP contribution in [-0.4, -0.2) is 37.5 Å². The van der Waals surface area contributed by atoms with E-state index in [4.69, 9.17) is 11.6 Å². The molecule has 1 rings (SSSR count). The van der Waals surface area contributed by atoms with Gasteiger partial charge in [0.1, 0.15) is 0 Å². The number of nitrogens with one attached hydrogen (secondary N) is 3. The molecule has 5 nitrogen and oxygen atoms in total. The van der Waals surface area contributed by atoms with E-state index in [1.54, 1.807) is 12.1 Å². The minimum atomic E-state index is -0.266. The van der Waals surface area contributed by atoms with Gasteiger partial charge in [0, 0.05) is 16.2 Å². The molecular formula is C16H25ClN3O2+. The fraction of sp³-hybridized carbons (Fsp3) is 0.500. The lowest BCUT2D eigenvalue weighted by atomic mass is 10.1. The molecule has 1 aromatic rings. The molecule has 0 aliphatic carbocycles. The zero-order valence-electron chi connectivity index (χ0n) is 13.8. The largest absolute Gasteiger partial charge is 0.347 e. The second-order valence-corrected chi connectivity index (χ2v) is 7.05. The number of benzene rings is 1. The average molecular weight is 327 g/mol. The number of carbonyl (C=O) groups excluding carboxylic acids is 2. The number of quaternary nitrogens is 1. The molecule has 6 heteroatoms. The number of likely N-dealkylation sites (N-methyl/N-ethyl adjacent to an activating group) is 1. The van der Waals surface area contributed by atoms with Gasteiger partial charge in [-0.1, -0.05) is 17.7 Å². The smallest absolute Gasteiger partial charge is 0.279 e. The fourth-order valence-electron chi connectivity index (χ4n) is 2.00. The van der Waals surface area contributed by atoms with Crippen LogP contribution in [0.15, 0.2) is 18.2 Å². The first-order valence-electron chi connectivity index (χ1n) is 7.25. The van der Waals surface area contributed by atoms with Crippen LogP contribution in [0.25, 0.3) is 0 Å². The molecule has 1 unspecified atom stereocenters. The maximum absolute atomic E-state index is 12.0. The topological polar surface area (TPSA) is 62.6 Å². The van der Waals surface area contributed by atoms with Crippen LogP contribution in [-0.2, 0) is 9.59 Å². The number of halogens is 1. The third kappa shape index (κ3) is 6.91. The first kappa shape index (κ1) is 18.5. The van der Waals surface area contributed by atoms with E-state index in [1.165, 1.54) is 0 Å². The molecular weight excluding hydrogens is 302 g/mol. The maximum atomic E-state index is 12.0. The number of hydrogen-bond acceptors (Lipinski definition) is 2. The van der Waals surface area contributed by atoms with E-state index in [9.17, 15) is 9.59 Å². The molecule has 1 atom stereocenters. The van der Waals surface area contributed by atoms with Gasteiger partial charge in [0.25, 0.3) is 11.8 Å². The van der Waals surface area contributed by atoms with Gasteiger partial charge in [0.05, 0.1) is 7.05 Å². The second-order valence-electron chi connectivity index (χ2n) is 6.62. The summed E-state index contributed by atoms with van der Waals surface area (Å²) in [7, 11) is 1.81. The monoisotopic (exact) mass is 326 g/mol. The summed E-state index contributed by atoms with van der Waals surface area (Å²) in [4.78, 5) is 24.7. The quantitative estimate of drug-likeness (QED) is 0.756. The van der Waals surface area contributed by atoms with Crippen LogP contribution in [0, 0.1) is 6.92 Å². The van der Waals surface area contributed by atoms with Crippen LogP contribution in [0.5, 0.6) is 0 Å². The summed E-state index contributed by atoms with van der Waals surface area (Å²) in [6.45, 7) is 8.14. The lowest BCUT2D eigenvalue weighted by Crippen LogP contribution is -3.11. The van der Waals surface area contributed by atoms with Crippen molar-refractivity contribution in [1.29, 1.82) is 0 Å². The predicted molar refractivity (Wildman–Crippen MR) is 89.3 cm³/mol. The first-order chi connectivity index (χ1) is 10.1. The highest BCUT2D eigenvalue weighted by Crippen LogP contribution is 2.19. The van der Waals surface area contributed by atoms with Gasteiger partial charge < -0.3 is 15.5 Å². The Hall–Kier alpha value is -1.59. The van der Waals surface area contributed by atoms with E-state index in [0.29, 0.717) is 10.7 Å². The van der Waals surface area contributed by atoms with Crippen LogP contribution in [0.3, 0.4) is 0 Å². The third-order valence-electron chi connectivity index (χ3n) is 2.91. The number of amides is 2. The Morgan fingerprint density at radius 1 is 1.18 bits per heavy atom. The van der Waals surface area contributed by atoms with Crippen molar-refractivity contribution >= 4 is 29.1 Å². The maximum Gasteiger partial charge on any atom is 0.279 e. The minimum absolute atomic E-state index is 0.0725. The van der Waals surface area contributed by atoms with Crippen LogP contribution in [0.2, 0.25) is 5.02 Å². The van der Waals surface area contributed by atoms with E-state index in [0.717, 1.165) is 10.5 Å². The Labute approximate surface area is 137 Å². The van der Waals surface area contributed by atoms with Crippen molar-refractivity contribution in [3.63, 3.8) is 0 Å². The summed E-state index contributed by atoms with van der Waals surface area (Å²) in [5.41, 5.74) is 1.38. The highest BCUT2D eigenvalue weighted by atomic mass is 35.5. The Morgan fingerprint density at radius 3 is 2.36 bits per heavy atom. The Bertz CT molecular complexity index is 553. The van der Waals surface area contributed by atoms with Crippen molar-refractivity contribution in [2.75, 3.05) is 25.5 Å². The molecule has 1 aromatic carbocycles. The zero-order chi connectivity index (χ0) is 16.9. The van der Waals surface area contributed by atoms with E-state index >= 15 is 0 Å². The number of hydrogen-bond donors (Lipinski definition) is 3. The summed E-state index contributed by atoms with van der Waals surface area (Å²) < 4.78 is 0. The molecule has 2 amide bonds. The molecule has 0 spiro atoms.